The topological polar surface area (TPSA) is 90.7 Å². The fourth-order valence-electron chi connectivity index (χ4n) is 5.95. The molecule has 0 saturated carbocycles. The quantitative estimate of drug-likeness (QED) is 0.0940. The van der Waals surface area contributed by atoms with Crippen LogP contribution in [0.15, 0.2) is 60.9 Å². The molecule has 0 atom stereocenters. The van der Waals surface area contributed by atoms with Gasteiger partial charge in [-0.15, -0.1) is 0 Å². The number of benzene rings is 2. The molecule has 0 fully saturated rings. The highest BCUT2D eigenvalue weighted by Crippen LogP contribution is 2.31. The average molecular weight is 601 g/mol. The van der Waals surface area contributed by atoms with Crippen molar-refractivity contribution in [2.24, 2.45) is 0 Å². The van der Waals surface area contributed by atoms with Crippen molar-refractivity contribution in [3.63, 3.8) is 0 Å². The monoisotopic (exact) mass is 600 g/mol. The van der Waals surface area contributed by atoms with Crippen LogP contribution in [-0.2, 0) is 22.4 Å². The number of rotatable bonds is 18. The predicted molar refractivity (Wildman–Crippen MR) is 178 cm³/mol. The van der Waals surface area contributed by atoms with Crippen molar-refractivity contribution in [3.05, 3.63) is 72.1 Å². The van der Waals surface area contributed by atoms with Crippen molar-refractivity contribution in [1.82, 2.24) is 19.8 Å². The zero-order chi connectivity index (χ0) is 31.3. The lowest BCUT2D eigenvalue weighted by Crippen LogP contribution is -2.27. The fourth-order valence-corrected chi connectivity index (χ4v) is 5.95. The van der Waals surface area contributed by atoms with Gasteiger partial charge in [-0.25, -0.2) is 9.59 Å². The fraction of sp³-hybridized carbons (Fsp3) is 0.444. The highest BCUT2D eigenvalue weighted by atomic mass is 16.5. The molecule has 0 amide bonds. The van der Waals surface area contributed by atoms with Gasteiger partial charge >= 0.3 is 11.9 Å². The number of carbonyl (C=O) groups excluding carboxylic acids is 2. The third-order valence-electron chi connectivity index (χ3n) is 7.84. The highest BCUT2D eigenvalue weighted by molar-refractivity contribution is 5.98. The van der Waals surface area contributed by atoms with Crippen molar-refractivity contribution in [3.8, 4) is 11.5 Å². The summed E-state index contributed by atoms with van der Waals surface area (Å²) in [5.41, 5.74) is 4.06. The molecule has 0 aliphatic rings. The van der Waals surface area contributed by atoms with Crippen LogP contribution in [0.25, 0.3) is 21.8 Å². The summed E-state index contributed by atoms with van der Waals surface area (Å²) in [7, 11) is 0. The number of ether oxygens (including phenoxy) is 2. The third-order valence-corrected chi connectivity index (χ3v) is 7.84. The van der Waals surface area contributed by atoms with Gasteiger partial charge in [-0.3, -0.25) is 0 Å². The SMILES string of the molecule is CCCN(CCC)CCc1cccc2[nH]cc(OC(=O)/C=C/C(=O)Oc3c[nH]c4cccc(CCN(CCC)CCC)c34)c12. The molecule has 0 radical (unpaired) electrons. The van der Waals surface area contributed by atoms with Gasteiger partial charge in [0.2, 0.25) is 0 Å². The van der Waals surface area contributed by atoms with Crippen LogP contribution in [0.4, 0.5) is 0 Å². The third kappa shape index (κ3) is 8.83. The lowest BCUT2D eigenvalue weighted by Gasteiger charge is -2.21. The molecule has 0 aliphatic heterocycles. The van der Waals surface area contributed by atoms with E-state index in [0.29, 0.717) is 11.5 Å². The molecule has 44 heavy (non-hydrogen) atoms. The van der Waals surface area contributed by atoms with Crippen LogP contribution < -0.4 is 9.47 Å². The normalized spacial score (nSPS) is 11.9. The van der Waals surface area contributed by atoms with E-state index in [1.807, 2.05) is 24.3 Å². The average Bonchev–Trinajstić information content (AvgIpc) is 3.63. The number of nitrogens with zero attached hydrogens (tertiary/aromatic N) is 2. The Morgan fingerprint density at radius 2 is 1.00 bits per heavy atom. The summed E-state index contributed by atoms with van der Waals surface area (Å²) < 4.78 is 11.4. The van der Waals surface area contributed by atoms with Gasteiger partial charge in [0.25, 0.3) is 0 Å². The lowest BCUT2D eigenvalue weighted by atomic mass is 10.1. The number of aromatic nitrogens is 2. The molecule has 0 bridgehead atoms. The molecule has 2 aromatic heterocycles. The summed E-state index contributed by atoms with van der Waals surface area (Å²) in [5.74, 6) is -0.360. The van der Waals surface area contributed by atoms with Gasteiger partial charge in [0.05, 0.1) is 0 Å². The van der Waals surface area contributed by atoms with E-state index in [2.05, 4.69) is 59.6 Å². The van der Waals surface area contributed by atoms with Gasteiger partial charge in [-0.2, -0.15) is 0 Å². The van der Waals surface area contributed by atoms with Gasteiger partial charge in [0.15, 0.2) is 11.5 Å². The summed E-state index contributed by atoms with van der Waals surface area (Å²) >= 11 is 0. The van der Waals surface area contributed by atoms with Gasteiger partial charge in [0.1, 0.15) is 0 Å². The molecule has 0 spiro atoms. The Morgan fingerprint density at radius 1 is 0.614 bits per heavy atom. The molecule has 2 N–H and O–H groups in total. The Bertz CT molecular complexity index is 1410. The van der Waals surface area contributed by atoms with Crippen molar-refractivity contribution in [1.29, 1.82) is 0 Å². The van der Waals surface area contributed by atoms with Gasteiger partial charge < -0.3 is 29.2 Å². The molecule has 0 aliphatic carbocycles. The largest absolute Gasteiger partial charge is 0.421 e. The van der Waals surface area contributed by atoms with E-state index in [-0.39, 0.29) is 0 Å². The van der Waals surface area contributed by atoms with Crippen molar-refractivity contribution >= 4 is 33.7 Å². The maximum Gasteiger partial charge on any atom is 0.336 e. The summed E-state index contributed by atoms with van der Waals surface area (Å²) in [4.78, 5) is 36.9. The first-order valence-corrected chi connectivity index (χ1v) is 16.2. The minimum absolute atomic E-state index is 0.456. The van der Waals surface area contributed by atoms with Crippen LogP contribution in [0.5, 0.6) is 11.5 Å². The second-order valence-electron chi connectivity index (χ2n) is 11.3. The molecule has 2 aromatic carbocycles. The molecule has 0 saturated heterocycles. The van der Waals surface area contributed by atoms with E-state index in [9.17, 15) is 9.59 Å². The molecule has 4 aromatic rings. The Labute approximate surface area is 261 Å². The van der Waals surface area contributed by atoms with E-state index >= 15 is 0 Å². The minimum Gasteiger partial charge on any atom is -0.421 e. The number of H-pyrrole nitrogens is 2. The minimum atomic E-state index is -0.636. The van der Waals surface area contributed by atoms with E-state index in [4.69, 9.17) is 9.47 Å². The standard InChI is InChI=1S/C36H48N4O4/c1-5-19-39(20-6-2)23-17-27-11-9-13-29-35(27)31(25-37-29)43-33(41)15-16-34(42)44-32-26-38-30-14-10-12-28(36(30)32)18-24-40(21-7-3)22-8-4/h9-16,25-26,37-38H,5-8,17-24H2,1-4H3/b16-15+. The molecule has 8 nitrogen and oxygen atoms in total. The lowest BCUT2D eigenvalue weighted by molar-refractivity contribution is -0.131. The number of nitrogens with one attached hydrogen (secondary N) is 2. The van der Waals surface area contributed by atoms with Crippen LogP contribution in [0, 0.1) is 0 Å². The Balaban J connectivity index is 1.41. The maximum absolute atomic E-state index is 12.8. The Hall–Kier alpha value is -3.88. The van der Waals surface area contributed by atoms with E-state index in [1.165, 1.54) is 0 Å². The zero-order valence-electron chi connectivity index (χ0n) is 26.8. The van der Waals surface area contributed by atoms with Gasteiger partial charge in [-0.05, 0) is 88.0 Å². The summed E-state index contributed by atoms with van der Waals surface area (Å²) in [6.07, 6.45) is 11.8. The molecule has 2 heterocycles. The summed E-state index contributed by atoms with van der Waals surface area (Å²) in [6.45, 7) is 14.9. The number of carbonyl (C=O) groups is 2. The summed E-state index contributed by atoms with van der Waals surface area (Å²) in [5, 5.41) is 1.79. The van der Waals surface area contributed by atoms with Gasteiger partial charge in [-0.1, -0.05) is 52.0 Å². The van der Waals surface area contributed by atoms with Crippen molar-refractivity contribution < 1.29 is 19.1 Å². The maximum atomic E-state index is 12.8. The number of esters is 2. The molecular formula is C36H48N4O4. The van der Waals surface area contributed by atoms with E-state index in [1.54, 1.807) is 12.4 Å². The Kier molecular flexibility index (Phi) is 12.6. The number of hydrogen-bond donors (Lipinski definition) is 2. The molecule has 4 rings (SSSR count). The number of fused-ring (bicyclic) bond motifs is 2. The van der Waals surface area contributed by atoms with Crippen molar-refractivity contribution in [2.75, 3.05) is 39.3 Å². The zero-order valence-corrected chi connectivity index (χ0v) is 26.8. The van der Waals surface area contributed by atoms with Gasteiger partial charge in [0, 0.05) is 59.4 Å². The van der Waals surface area contributed by atoms with Crippen LogP contribution in [0.1, 0.15) is 64.5 Å². The molecule has 8 heteroatoms. The van der Waals surface area contributed by atoms with Crippen molar-refractivity contribution in [2.45, 2.75) is 66.2 Å². The van der Waals surface area contributed by atoms with Crippen LogP contribution in [0.3, 0.4) is 0 Å². The predicted octanol–water partition coefficient (Wildman–Crippen LogP) is 7.05. The van der Waals surface area contributed by atoms with E-state index in [0.717, 1.165) is 123 Å². The molecular weight excluding hydrogens is 552 g/mol. The van der Waals surface area contributed by atoms with Crippen LogP contribution >= 0.6 is 0 Å². The second-order valence-corrected chi connectivity index (χ2v) is 11.3. The first-order valence-electron chi connectivity index (χ1n) is 16.2. The molecule has 236 valence electrons. The van der Waals surface area contributed by atoms with Crippen LogP contribution in [0.2, 0.25) is 0 Å². The first-order chi connectivity index (χ1) is 21.5. The Morgan fingerprint density at radius 3 is 1.36 bits per heavy atom. The highest BCUT2D eigenvalue weighted by Gasteiger charge is 2.16. The van der Waals surface area contributed by atoms with E-state index < -0.39 is 11.9 Å². The number of aromatic amines is 2. The first kappa shape index (κ1) is 33.0. The smallest absolute Gasteiger partial charge is 0.336 e. The molecule has 0 unspecified atom stereocenters. The summed E-state index contributed by atoms with van der Waals surface area (Å²) in [6, 6.07) is 12.1. The number of hydrogen-bond acceptors (Lipinski definition) is 6. The van der Waals surface area contributed by atoms with Crippen LogP contribution in [-0.4, -0.2) is 71.0 Å². The second kappa shape index (κ2) is 16.8.